The highest BCUT2D eigenvalue weighted by Gasteiger charge is 2.26. The molecule has 0 unspecified atom stereocenters. The molecule has 2 heterocycles. The average molecular weight is 556 g/mol. The van der Waals surface area contributed by atoms with Crippen molar-refractivity contribution in [2.75, 3.05) is 14.2 Å². The SMILES string of the molecule is COc1cccc(Cc2nc(Cl)c(Oc3ccccc3OC)c(OS(=O)(=O)c3ccc(C(C)C)cn3)n2)c1. The van der Waals surface area contributed by atoms with E-state index in [1.165, 1.54) is 19.4 Å². The van der Waals surface area contributed by atoms with E-state index in [1.807, 2.05) is 32.0 Å². The fourth-order valence-electron chi connectivity index (χ4n) is 3.47. The number of ether oxygens (including phenoxy) is 3. The molecule has 0 spiro atoms. The number of halogens is 1. The predicted molar refractivity (Wildman–Crippen MR) is 142 cm³/mol. The Morgan fingerprint density at radius 3 is 2.34 bits per heavy atom. The van der Waals surface area contributed by atoms with Gasteiger partial charge in [-0.3, -0.25) is 0 Å². The lowest BCUT2D eigenvalue weighted by Crippen LogP contribution is -2.14. The number of pyridine rings is 1. The van der Waals surface area contributed by atoms with Crippen molar-refractivity contribution in [1.29, 1.82) is 0 Å². The Labute approximate surface area is 226 Å². The van der Waals surface area contributed by atoms with Crippen LogP contribution in [0, 0.1) is 0 Å². The number of hydrogen-bond acceptors (Lipinski definition) is 9. The van der Waals surface area contributed by atoms with Crippen LogP contribution in [0.5, 0.6) is 28.9 Å². The molecule has 0 aliphatic heterocycles. The summed E-state index contributed by atoms with van der Waals surface area (Å²) < 4.78 is 48.4. The topological polar surface area (TPSA) is 110 Å². The summed E-state index contributed by atoms with van der Waals surface area (Å²) in [5.41, 5.74) is 1.70. The molecule has 2 aromatic carbocycles. The van der Waals surface area contributed by atoms with E-state index >= 15 is 0 Å². The van der Waals surface area contributed by atoms with Crippen LogP contribution < -0.4 is 18.4 Å². The maximum Gasteiger partial charge on any atom is 0.358 e. The maximum atomic E-state index is 13.2. The van der Waals surface area contributed by atoms with E-state index in [0.717, 1.165) is 11.1 Å². The second-order valence-corrected chi connectivity index (χ2v) is 10.3. The summed E-state index contributed by atoms with van der Waals surface area (Å²) in [6, 6.07) is 17.2. The minimum Gasteiger partial charge on any atom is -0.497 e. The van der Waals surface area contributed by atoms with Crippen molar-refractivity contribution < 1.29 is 26.8 Å². The van der Waals surface area contributed by atoms with Crippen LogP contribution in [0.25, 0.3) is 0 Å². The van der Waals surface area contributed by atoms with E-state index in [-0.39, 0.29) is 45.7 Å². The van der Waals surface area contributed by atoms with E-state index in [9.17, 15) is 8.42 Å². The molecule has 2 aromatic heterocycles. The second kappa shape index (κ2) is 11.7. The molecule has 198 valence electrons. The maximum absolute atomic E-state index is 13.2. The normalized spacial score (nSPS) is 11.3. The standard InChI is InChI=1S/C27H26ClN3O6S/c1-17(2)19-12-13-24(29-16-19)38(32,33)37-27-25(36-22-11-6-5-10-21(22)35-4)26(28)30-23(31-27)15-18-8-7-9-20(14-18)34-3/h5-14,16-17H,15H2,1-4H3. The summed E-state index contributed by atoms with van der Waals surface area (Å²) in [5, 5.41) is -0.425. The molecule has 0 radical (unpaired) electrons. The molecule has 11 heteroatoms. The van der Waals surface area contributed by atoms with Crippen LogP contribution in [0.1, 0.15) is 36.7 Å². The van der Waals surface area contributed by atoms with Gasteiger partial charge >= 0.3 is 10.1 Å². The van der Waals surface area contributed by atoms with Gasteiger partial charge in [0.2, 0.25) is 5.75 Å². The van der Waals surface area contributed by atoms with Crippen molar-refractivity contribution in [1.82, 2.24) is 15.0 Å². The molecule has 0 saturated heterocycles. The van der Waals surface area contributed by atoms with Crippen LogP contribution in [-0.2, 0) is 16.5 Å². The van der Waals surface area contributed by atoms with Crippen LogP contribution in [0.3, 0.4) is 0 Å². The van der Waals surface area contributed by atoms with Crippen molar-refractivity contribution in [2.45, 2.75) is 31.2 Å². The Bertz CT molecular complexity index is 1530. The zero-order valence-corrected chi connectivity index (χ0v) is 22.8. The Morgan fingerprint density at radius 2 is 1.68 bits per heavy atom. The first kappa shape index (κ1) is 27.2. The lowest BCUT2D eigenvalue weighted by Gasteiger charge is -2.15. The fraction of sp³-hybridized carbons (Fsp3) is 0.222. The zero-order valence-electron chi connectivity index (χ0n) is 21.2. The zero-order chi connectivity index (χ0) is 27.3. The van der Waals surface area contributed by atoms with Crippen LogP contribution >= 0.6 is 11.6 Å². The number of hydrogen-bond donors (Lipinski definition) is 0. The number of para-hydroxylation sites is 2. The van der Waals surface area contributed by atoms with Crippen LogP contribution in [0.15, 0.2) is 71.9 Å². The van der Waals surface area contributed by atoms with Gasteiger partial charge in [0, 0.05) is 12.6 Å². The predicted octanol–water partition coefficient (Wildman–Crippen LogP) is 5.82. The first-order valence-electron chi connectivity index (χ1n) is 11.6. The summed E-state index contributed by atoms with van der Waals surface area (Å²) in [6.07, 6.45) is 1.72. The highest BCUT2D eigenvalue weighted by Crippen LogP contribution is 2.40. The summed E-state index contributed by atoms with van der Waals surface area (Å²) in [6.45, 7) is 3.96. The second-order valence-electron chi connectivity index (χ2n) is 8.47. The molecule has 4 aromatic rings. The van der Waals surface area contributed by atoms with Gasteiger partial charge in [-0.1, -0.05) is 55.8 Å². The number of benzene rings is 2. The molecule has 0 amide bonds. The molecule has 0 aliphatic rings. The molecular weight excluding hydrogens is 530 g/mol. The van der Waals surface area contributed by atoms with E-state index < -0.39 is 10.1 Å². The summed E-state index contributed by atoms with van der Waals surface area (Å²) >= 11 is 6.50. The van der Waals surface area contributed by atoms with Gasteiger partial charge in [-0.15, -0.1) is 0 Å². The molecule has 38 heavy (non-hydrogen) atoms. The Hall–Kier alpha value is -3.89. The van der Waals surface area contributed by atoms with E-state index in [2.05, 4.69) is 15.0 Å². The molecule has 9 nitrogen and oxygen atoms in total. The third-order valence-electron chi connectivity index (χ3n) is 5.49. The molecule has 0 bridgehead atoms. The summed E-state index contributed by atoms with van der Waals surface area (Å²) in [5.74, 6) is 1.13. The van der Waals surface area contributed by atoms with Gasteiger partial charge in [-0.25, -0.2) is 9.97 Å². The third kappa shape index (κ3) is 6.32. The van der Waals surface area contributed by atoms with E-state index in [4.69, 9.17) is 30.0 Å². The molecule has 0 N–H and O–H groups in total. The minimum atomic E-state index is -4.39. The molecule has 4 rings (SSSR count). The number of methoxy groups -OCH3 is 2. The van der Waals surface area contributed by atoms with Crippen LogP contribution in [-0.4, -0.2) is 37.6 Å². The van der Waals surface area contributed by atoms with Gasteiger partial charge in [0.1, 0.15) is 11.6 Å². The van der Waals surface area contributed by atoms with Gasteiger partial charge in [-0.05, 0) is 47.4 Å². The molecule has 0 fully saturated rings. The Balaban J connectivity index is 1.75. The smallest absolute Gasteiger partial charge is 0.358 e. The first-order chi connectivity index (χ1) is 18.2. The fourth-order valence-corrected chi connectivity index (χ4v) is 4.51. The monoisotopic (exact) mass is 555 g/mol. The van der Waals surface area contributed by atoms with Crippen LogP contribution in [0.2, 0.25) is 5.15 Å². The third-order valence-corrected chi connectivity index (χ3v) is 6.87. The van der Waals surface area contributed by atoms with Crippen molar-refractivity contribution >= 4 is 21.7 Å². The Kier molecular flexibility index (Phi) is 8.33. The molecule has 0 aliphatic carbocycles. The lowest BCUT2D eigenvalue weighted by atomic mass is 10.1. The Morgan fingerprint density at radius 1 is 0.921 bits per heavy atom. The molecule has 0 saturated carbocycles. The first-order valence-corrected chi connectivity index (χ1v) is 13.4. The largest absolute Gasteiger partial charge is 0.497 e. The lowest BCUT2D eigenvalue weighted by molar-refractivity contribution is 0.369. The molecular formula is C27H26ClN3O6S. The summed E-state index contributed by atoms with van der Waals surface area (Å²) in [7, 11) is -1.35. The van der Waals surface area contributed by atoms with Gasteiger partial charge < -0.3 is 18.4 Å². The summed E-state index contributed by atoms with van der Waals surface area (Å²) in [4.78, 5) is 12.8. The van der Waals surface area contributed by atoms with E-state index in [1.54, 1.807) is 43.5 Å². The van der Waals surface area contributed by atoms with Crippen molar-refractivity contribution in [2.24, 2.45) is 0 Å². The van der Waals surface area contributed by atoms with Gasteiger partial charge in [-0.2, -0.15) is 13.4 Å². The van der Waals surface area contributed by atoms with Crippen molar-refractivity contribution in [3.05, 3.63) is 89.0 Å². The number of nitrogens with zero attached hydrogens (tertiary/aromatic N) is 3. The number of rotatable bonds is 10. The average Bonchev–Trinajstić information content (AvgIpc) is 2.91. The highest BCUT2D eigenvalue weighted by atomic mass is 35.5. The van der Waals surface area contributed by atoms with Crippen LogP contribution in [0.4, 0.5) is 0 Å². The minimum absolute atomic E-state index is 0.142. The van der Waals surface area contributed by atoms with Gasteiger partial charge in [0.25, 0.3) is 5.88 Å². The number of aromatic nitrogens is 3. The van der Waals surface area contributed by atoms with Gasteiger partial charge in [0.15, 0.2) is 21.7 Å². The molecule has 0 atom stereocenters. The van der Waals surface area contributed by atoms with Crippen molar-refractivity contribution in [3.63, 3.8) is 0 Å². The quantitative estimate of drug-likeness (QED) is 0.177. The van der Waals surface area contributed by atoms with E-state index in [0.29, 0.717) is 11.5 Å². The highest BCUT2D eigenvalue weighted by molar-refractivity contribution is 7.87. The van der Waals surface area contributed by atoms with Crippen molar-refractivity contribution in [3.8, 4) is 28.9 Å². The van der Waals surface area contributed by atoms with Gasteiger partial charge in [0.05, 0.1) is 14.2 Å².